The average Bonchev–Trinajstić information content (AvgIpc) is 2.99. The highest BCUT2D eigenvalue weighted by Crippen LogP contribution is 2.30. The number of hydrogen-bond acceptors (Lipinski definition) is 3. The molecular formula is C20H17ClFN3O2. The zero-order valence-corrected chi connectivity index (χ0v) is 15.2. The maximum atomic E-state index is 13.9. The van der Waals surface area contributed by atoms with Crippen LogP contribution < -0.4 is 5.32 Å². The van der Waals surface area contributed by atoms with Gasteiger partial charge < -0.3 is 10.2 Å². The third-order valence-electron chi connectivity index (χ3n) is 4.99. The van der Waals surface area contributed by atoms with E-state index in [0.29, 0.717) is 42.2 Å². The number of carbonyl (C=O) groups excluding carboxylic acids is 2. The predicted octanol–water partition coefficient (Wildman–Crippen LogP) is 3.03. The van der Waals surface area contributed by atoms with Gasteiger partial charge in [0.05, 0.1) is 5.56 Å². The lowest BCUT2D eigenvalue weighted by atomic mass is 9.97. The molecule has 0 aliphatic carbocycles. The SMILES string of the molecule is O=C1NC2(CCN(C(=O)c3ccccc3F)CC2)N=C1c1ccc(Cl)cc1. The van der Waals surface area contributed by atoms with Crippen LogP contribution in [0, 0.1) is 5.82 Å². The molecule has 27 heavy (non-hydrogen) atoms. The summed E-state index contributed by atoms with van der Waals surface area (Å²) in [4.78, 5) is 31.2. The summed E-state index contributed by atoms with van der Waals surface area (Å²) in [6.07, 6.45) is 0.964. The van der Waals surface area contributed by atoms with E-state index in [9.17, 15) is 14.0 Å². The number of nitrogens with zero attached hydrogens (tertiary/aromatic N) is 2. The van der Waals surface area contributed by atoms with Crippen LogP contribution in [0.4, 0.5) is 4.39 Å². The van der Waals surface area contributed by atoms with Crippen molar-refractivity contribution >= 4 is 29.1 Å². The maximum absolute atomic E-state index is 13.9. The molecule has 0 bridgehead atoms. The number of nitrogens with one attached hydrogen (secondary N) is 1. The predicted molar refractivity (Wildman–Crippen MR) is 100 cm³/mol. The van der Waals surface area contributed by atoms with Crippen molar-refractivity contribution < 1.29 is 14.0 Å². The largest absolute Gasteiger partial charge is 0.338 e. The van der Waals surface area contributed by atoms with Gasteiger partial charge >= 0.3 is 0 Å². The monoisotopic (exact) mass is 385 g/mol. The van der Waals surface area contributed by atoms with Crippen molar-refractivity contribution in [2.24, 2.45) is 4.99 Å². The van der Waals surface area contributed by atoms with Gasteiger partial charge in [0.2, 0.25) is 0 Å². The van der Waals surface area contributed by atoms with Gasteiger partial charge in [-0.1, -0.05) is 35.9 Å². The normalized spacial score (nSPS) is 18.4. The minimum absolute atomic E-state index is 0.0641. The molecule has 0 atom stereocenters. The highest BCUT2D eigenvalue weighted by molar-refractivity contribution is 6.47. The van der Waals surface area contributed by atoms with Crippen LogP contribution in [-0.2, 0) is 4.79 Å². The Morgan fingerprint density at radius 2 is 1.78 bits per heavy atom. The number of piperidine rings is 1. The molecule has 2 amide bonds. The molecule has 7 heteroatoms. The van der Waals surface area contributed by atoms with E-state index in [4.69, 9.17) is 11.6 Å². The van der Waals surface area contributed by atoms with E-state index in [2.05, 4.69) is 10.3 Å². The second-order valence-corrected chi connectivity index (χ2v) is 7.16. The first-order chi connectivity index (χ1) is 13.0. The van der Waals surface area contributed by atoms with Crippen LogP contribution in [0.1, 0.15) is 28.8 Å². The quantitative estimate of drug-likeness (QED) is 0.863. The molecule has 1 fully saturated rings. The Morgan fingerprint density at radius 1 is 1.11 bits per heavy atom. The van der Waals surface area contributed by atoms with Gasteiger partial charge in [0.15, 0.2) is 0 Å². The molecule has 0 saturated carbocycles. The Labute approximate surface area is 160 Å². The molecule has 0 unspecified atom stereocenters. The smallest absolute Gasteiger partial charge is 0.272 e. The molecule has 1 N–H and O–H groups in total. The summed E-state index contributed by atoms with van der Waals surface area (Å²) >= 11 is 5.90. The van der Waals surface area contributed by atoms with Crippen LogP contribution in [0.2, 0.25) is 5.02 Å². The molecule has 2 aliphatic heterocycles. The fourth-order valence-electron chi connectivity index (χ4n) is 3.49. The summed E-state index contributed by atoms with van der Waals surface area (Å²) in [5.41, 5.74) is 0.436. The number of benzene rings is 2. The van der Waals surface area contributed by atoms with Crippen LogP contribution in [0.25, 0.3) is 0 Å². The van der Waals surface area contributed by atoms with Crippen molar-refractivity contribution in [1.82, 2.24) is 10.2 Å². The first kappa shape index (κ1) is 17.7. The van der Waals surface area contributed by atoms with E-state index in [-0.39, 0.29) is 17.4 Å². The average molecular weight is 386 g/mol. The summed E-state index contributed by atoms with van der Waals surface area (Å²) in [5.74, 6) is -1.10. The molecular weight excluding hydrogens is 369 g/mol. The third kappa shape index (κ3) is 3.32. The van der Waals surface area contributed by atoms with Crippen LogP contribution >= 0.6 is 11.6 Å². The molecule has 1 spiro atoms. The standard InChI is InChI=1S/C20H17ClFN3O2/c21-14-7-5-13(6-8-14)17-18(26)24-20(23-17)9-11-25(12-10-20)19(27)15-3-1-2-4-16(15)22/h1-8H,9-12H2,(H,24,26). The van der Waals surface area contributed by atoms with Crippen molar-refractivity contribution in [1.29, 1.82) is 0 Å². The number of rotatable bonds is 2. The van der Waals surface area contributed by atoms with Gasteiger partial charge in [-0.3, -0.25) is 14.6 Å². The van der Waals surface area contributed by atoms with Crippen molar-refractivity contribution in [3.05, 3.63) is 70.5 Å². The van der Waals surface area contributed by atoms with Crippen LogP contribution in [0.15, 0.2) is 53.5 Å². The Morgan fingerprint density at radius 3 is 2.44 bits per heavy atom. The molecule has 2 aromatic rings. The van der Waals surface area contributed by atoms with Crippen molar-refractivity contribution in [2.45, 2.75) is 18.5 Å². The van der Waals surface area contributed by atoms with Gasteiger partial charge in [-0.2, -0.15) is 0 Å². The second kappa shape index (κ2) is 6.78. The molecule has 4 rings (SSSR count). The van der Waals surface area contributed by atoms with Gasteiger partial charge in [-0.25, -0.2) is 4.39 Å². The minimum atomic E-state index is -0.710. The molecule has 2 aromatic carbocycles. The van der Waals surface area contributed by atoms with Gasteiger partial charge in [0.1, 0.15) is 17.2 Å². The van der Waals surface area contributed by atoms with Crippen molar-refractivity contribution in [2.75, 3.05) is 13.1 Å². The van der Waals surface area contributed by atoms with E-state index in [1.54, 1.807) is 41.3 Å². The number of carbonyl (C=O) groups is 2. The Bertz CT molecular complexity index is 934. The first-order valence-electron chi connectivity index (χ1n) is 8.70. The zero-order valence-electron chi connectivity index (χ0n) is 14.4. The molecule has 5 nitrogen and oxygen atoms in total. The van der Waals surface area contributed by atoms with E-state index >= 15 is 0 Å². The van der Waals surface area contributed by atoms with Crippen LogP contribution in [-0.4, -0.2) is 41.2 Å². The summed E-state index contributed by atoms with van der Waals surface area (Å²) < 4.78 is 13.9. The molecule has 2 aliphatic rings. The van der Waals surface area contributed by atoms with Crippen LogP contribution in [0.3, 0.4) is 0 Å². The topological polar surface area (TPSA) is 61.8 Å². The molecule has 0 radical (unpaired) electrons. The van der Waals surface area contributed by atoms with E-state index in [1.165, 1.54) is 12.1 Å². The Kier molecular flexibility index (Phi) is 4.44. The number of amides is 2. The van der Waals surface area contributed by atoms with Gasteiger partial charge in [0, 0.05) is 36.5 Å². The maximum Gasteiger partial charge on any atom is 0.272 e. The second-order valence-electron chi connectivity index (χ2n) is 6.73. The first-order valence-corrected chi connectivity index (χ1v) is 9.07. The molecule has 0 aromatic heterocycles. The van der Waals surface area contributed by atoms with E-state index in [1.807, 2.05) is 0 Å². The van der Waals surface area contributed by atoms with Crippen molar-refractivity contribution in [3.63, 3.8) is 0 Å². The van der Waals surface area contributed by atoms with Gasteiger partial charge in [0.25, 0.3) is 11.8 Å². The summed E-state index contributed by atoms with van der Waals surface area (Å²) in [6.45, 7) is 0.787. The number of halogens is 2. The fourth-order valence-corrected chi connectivity index (χ4v) is 3.61. The van der Waals surface area contributed by atoms with Gasteiger partial charge in [-0.05, 0) is 24.3 Å². The minimum Gasteiger partial charge on any atom is -0.338 e. The number of hydrogen-bond donors (Lipinski definition) is 1. The summed E-state index contributed by atoms with van der Waals surface area (Å²) in [6, 6.07) is 12.9. The van der Waals surface area contributed by atoms with Crippen LogP contribution in [0.5, 0.6) is 0 Å². The summed E-state index contributed by atoms with van der Waals surface area (Å²) in [5, 5.41) is 3.55. The highest BCUT2D eigenvalue weighted by Gasteiger charge is 2.43. The Balaban J connectivity index is 1.50. The lowest BCUT2D eigenvalue weighted by molar-refractivity contribution is -0.115. The number of aliphatic imine (C=N–C) groups is 1. The van der Waals surface area contributed by atoms with E-state index in [0.717, 1.165) is 0 Å². The number of likely N-dealkylation sites (tertiary alicyclic amines) is 1. The lowest BCUT2D eigenvalue weighted by Crippen LogP contribution is -2.52. The van der Waals surface area contributed by atoms with Gasteiger partial charge in [-0.15, -0.1) is 0 Å². The Hall–Kier alpha value is -2.73. The summed E-state index contributed by atoms with van der Waals surface area (Å²) in [7, 11) is 0. The molecule has 2 heterocycles. The third-order valence-corrected chi connectivity index (χ3v) is 5.24. The molecule has 138 valence electrons. The zero-order chi connectivity index (χ0) is 19.0. The molecule has 1 saturated heterocycles. The van der Waals surface area contributed by atoms with E-state index < -0.39 is 11.5 Å². The van der Waals surface area contributed by atoms with Crippen molar-refractivity contribution in [3.8, 4) is 0 Å². The lowest BCUT2D eigenvalue weighted by Gasteiger charge is -2.37. The highest BCUT2D eigenvalue weighted by atomic mass is 35.5. The fraction of sp³-hybridized carbons (Fsp3) is 0.250.